The number of aliphatic hydroxyl groups excluding tert-OH is 1. The minimum Gasteiger partial charge on any atom is -0.457 e. The average molecular weight is 582 g/mol. The predicted octanol–water partition coefficient (Wildman–Crippen LogP) is 5.96. The zero-order chi connectivity index (χ0) is 30.2. The Labute approximate surface area is 250 Å². The van der Waals surface area contributed by atoms with Crippen LogP contribution < -0.4 is 0 Å². The second kappa shape index (κ2) is 14.1. The molecular formula is C35H35NO7. The van der Waals surface area contributed by atoms with Gasteiger partial charge in [0, 0.05) is 18.6 Å². The van der Waals surface area contributed by atoms with Crippen molar-refractivity contribution in [1.82, 2.24) is 4.90 Å². The monoisotopic (exact) mass is 581 g/mol. The van der Waals surface area contributed by atoms with Gasteiger partial charge < -0.3 is 19.0 Å². The minimum atomic E-state index is -1.21. The summed E-state index contributed by atoms with van der Waals surface area (Å²) >= 11 is 0. The summed E-state index contributed by atoms with van der Waals surface area (Å²) in [6.07, 6.45) is 0.431. The van der Waals surface area contributed by atoms with E-state index in [1.165, 1.54) is 0 Å². The minimum absolute atomic E-state index is 0.0155. The molecule has 8 nitrogen and oxygen atoms in total. The number of furan rings is 1. The number of hydrogen-bond donors (Lipinski definition) is 1. The zero-order valence-electron chi connectivity index (χ0n) is 24.1. The SMILES string of the molecule is Cc1cccc(-c2cc(C(=O)[C@@H](Cc3ccccc3)C(=O)N3C(=O)OC[C@H]3c3ccccc3)oc2CCCOCCO)c1. The van der Waals surface area contributed by atoms with Crippen molar-refractivity contribution in [3.05, 3.63) is 119 Å². The number of carbonyl (C=O) groups is 3. The summed E-state index contributed by atoms with van der Waals surface area (Å²) in [6, 6.07) is 27.4. The Kier molecular flexibility index (Phi) is 9.81. The molecule has 0 aliphatic carbocycles. The number of rotatable bonds is 13. The molecule has 1 aliphatic rings. The summed E-state index contributed by atoms with van der Waals surface area (Å²) in [7, 11) is 0. The van der Waals surface area contributed by atoms with E-state index in [0.717, 1.165) is 32.7 Å². The summed E-state index contributed by atoms with van der Waals surface area (Å²) in [5, 5.41) is 9.00. The van der Waals surface area contributed by atoms with Gasteiger partial charge >= 0.3 is 6.09 Å². The number of amides is 2. The van der Waals surface area contributed by atoms with Crippen LogP contribution in [0.4, 0.5) is 4.79 Å². The second-order valence-corrected chi connectivity index (χ2v) is 10.6. The first kappa shape index (κ1) is 29.9. The number of Topliss-reactive ketones (excluding diaryl/α,β-unsaturated/α-hetero) is 1. The van der Waals surface area contributed by atoms with E-state index < -0.39 is 29.7 Å². The molecule has 2 heterocycles. The van der Waals surface area contributed by atoms with E-state index in [1.54, 1.807) is 6.07 Å². The smallest absolute Gasteiger partial charge is 0.417 e. The highest BCUT2D eigenvalue weighted by atomic mass is 16.6. The molecule has 0 saturated carbocycles. The van der Waals surface area contributed by atoms with Crippen LogP contribution in [-0.2, 0) is 27.1 Å². The van der Waals surface area contributed by atoms with Gasteiger partial charge in [0.2, 0.25) is 11.7 Å². The van der Waals surface area contributed by atoms with E-state index in [0.29, 0.717) is 25.2 Å². The van der Waals surface area contributed by atoms with Gasteiger partial charge in [0.15, 0.2) is 5.76 Å². The number of nitrogens with zero attached hydrogens (tertiary/aromatic N) is 1. The third-order valence-corrected chi connectivity index (χ3v) is 7.50. The molecular weight excluding hydrogens is 546 g/mol. The normalized spacial score (nSPS) is 15.3. The van der Waals surface area contributed by atoms with Crippen LogP contribution in [0.25, 0.3) is 11.1 Å². The number of hydrogen-bond acceptors (Lipinski definition) is 7. The van der Waals surface area contributed by atoms with Crippen LogP contribution in [0.5, 0.6) is 0 Å². The first-order valence-electron chi connectivity index (χ1n) is 14.5. The van der Waals surface area contributed by atoms with Crippen molar-refractivity contribution in [3.63, 3.8) is 0 Å². The Morgan fingerprint density at radius 1 is 0.977 bits per heavy atom. The van der Waals surface area contributed by atoms with Gasteiger partial charge in [0.1, 0.15) is 24.3 Å². The fraction of sp³-hybridized carbons (Fsp3) is 0.286. The van der Waals surface area contributed by atoms with Crippen molar-refractivity contribution in [2.24, 2.45) is 5.92 Å². The summed E-state index contributed by atoms with van der Waals surface area (Å²) in [5.74, 6) is -1.68. The van der Waals surface area contributed by atoms with E-state index in [4.69, 9.17) is 19.0 Å². The molecule has 0 spiro atoms. The third-order valence-electron chi connectivity index (χ3n) is 7.50. The largest absolute Gasteiger partial charge is 0.457 e. The van der Waals surface area contributed by atoms with Crippen LogP contribution >= 0.6 is 0 Å². The topological polar surface area (TPSA) is 106 Å². The molecule has 0 unspecified atom stereocenters. The molecule has 3 aromatic carbocycles. The van der Waals surface area contributed by atoms with Crippen LogP contribution in [0.3, 0.4) is 0 Å². The summed E-state index contributed by atoms with van der Waals surface area (Å²) in [6.45, 7) is 2.62. The van der Waals surface area contributed by atoms with Gasteiger partial charge in [0.25, 0.3) is 0 Å². The van der Waals surface area contributed by atoms with Gasteiger partial charge in [-0.3, -0.25) is 9.59 Å². The quantitative estimate of drug-likeness (QED) is 0.118. The van der Waals surface area contributed by atoms with Gasteiger partial charge in [-0.2, -0.15) is 0 Å². The Balaban J connectivity index is 1.50. The lowest BCUT2D eigenvalue weighted by Gasteiger charge is -2.24. The van der Waals surface area contributed by atoms with Gasteiger partial charge in [-0.15, -0.1) is 0 Å². The first-order chi connectivity index (χ1) is 21.0. The maximum absolute atomic E-state index is 14.2. The molecule has 2 atom stereocenters. The molecule has 2 amide bonds. The standard InChI is InChI=1S/C35H35NO7/c1-24-10-8-15-27(20-24)28-22-32(43-31(28)16-9-18-41-19-17-37)33(38)29(21-25-11-4-2-5-12-25)34(39)36-30(23-42-35(36)40)26-13-6-3-7-14-26/h2-8,10-15,20,22,29-30,37H,9,16-19,21,23H2,1H3/t29-,30+/m1/s1. The van der Waals surface area contributed by atoms with Crippen molar-refractivity contribution in [1.29, 1.82) is 0 Å². The molecule has 5 rings (SSSR count). The van der Waals surface area contributed by atoms with E-state index in [9.17, 15) is 14.4 Å². The predicted molar refractivity (Wildman–Crippen MR) is 160 cm³/mol. The van der Waals surface area contributed by atoms with Crippen molar-refractivity contribution in [2.45, 2.75) is 32.2 Å². The molecule has 1 saturated heterocycles. The summed E-state index contributed by atoms with van der Waals surface area (Å²) < 4.78 is 16.9. The van der Waals surface area contributed by atoms with Crippen molar-refractivity contribution >= 4 is 17.8 Å². The fourth-order valence-electron chi connectivity index (χ4n) is 5.36. The van der Waals surface area contributed by atoms with E-state index in [1.807, 2.05) is 91.9 Å². The number of aliphatic hydroxyl groups is 1. The molecule has 4 aromatic rings. The Morgan fingerprint density at radius 2 is 1.72 bits per heavy atom. The number of carbonyl (C=O) groups excluding carboxylic acids is 3. The van der Waals surface area contributed by atoms with Crippen LogP contribution in [0.1, 0.15) is 45.5 Å². The van der Waals surface area contributed by atoms with E-state index in [-0.39, 0.29) is 32.0 Å². The van der Waals surface area contributed by atoms with E-state index in [2.05, 4.69) is 0 Å². The Hall–Kier alpha value is -4.53. The zero-order valence-corrected chi connectivity index (χ0v) is 24.1. The van der Waals surface area contributed by atoms with Gasteiger partial charge in [-0.05, 0) is 42.5 Å². The number of cyclic esters (lactones) is 1. The van der Waals surface area contributed by atoms with Crippen LogP contribution in [0, 0.1) is 12.8 Å². The number of benzene rings is 3. The van der Waals surface area contributed by atoms with Crippen LogP contribution in [0.15, 0.2) is 95.4 Å². The van der Waals surface area contributed by atoms with E-state index >= 15 is 0 Å². The maximum Gasteiger partial charge on any atom is 0.417 e. The number of ether oxygens (including phenoxy) is 2. The van der Waals surface area contributed by atoms with Gasteiger partial charge in [-0.1, -0.05) is 90.5 Å². The number of ketones is 1. The Bertz CT molecular complexity index is 1550. The first-order valence-corrected chi connectivity index (χ1v) is 14.5. The molecule has 222 valence electrons. The fourth-order valence-corrected chi connectivity index (χ4v) is 5.36. The molecule has 1 fully saturated rings. The van der Waals surface area contributed by atoms with Crippen LogP contribution in [-0.4, -0.2) is 54.2 Å². The van der Waals surface area contributed by atoms with Gasteiger partial charge in [-0.25, -0.2) is 9.69 Å². The molecule has 43 heavy (non-hydrogen) atoms. The Morgan fingerprint density at radius 3 is 2.44 bits per heavy atom. The van der Waals surface area contributed by atoms with Gasteiger partial charge in [0.05, 0.1) is 13.2 Å². The summed E-state index contributed by atoms with van der Waals surface area (Å²) in [4.78, 5) is 42.4. The molecule has 1 aliphatic heterocycles. The molecule has 0 radical (unpaired) electrons. The lowest BCUT2D eigenvalue weighted by molar-refractivity contribution is -0.132. The third kappa shape index (κ3) is 7.10. The summed E-state index contributed by atoms with van der Waals surface area (Å²) in [5.41, 5.74) is 4.25. The van der Waals surface area contributed by atoms with Crippen molar-refractivity contribution in [3.8, 4) is 11.1 Å². The molecule has 0 bridgehead atoms. The highest BCUT2D eigenvalue weighted by Gasteiger charge is 2.44. The highest BCUT2D eigenvalue weighted by molar-refractivity contribution is 6.12. The lowest BCUT2D eigenvalue weighted by Crippen LogP contribution is -2.42. The van der Waals surface area contributed by atoms with Crippen molar-refractivity contribution < 1.29 is 33.4 Å². The van der Waals surface area contributed by atoms with Crippen molar-refractivity contribution in [2.75, 3.05) is 26.4 Å². The number of imide groups is 1. The lowest BCUT2D eigenvalue weighted by atomic mass is 9.91. The molecule has 1 N–H and O–H groups in total. The molecule has 1 aromatic heterocycles. The van der Waals surface area contributed by atoms with Crippen LogP contribution in [0.2, 0.25) is 0 Å². The maximum atomic E-state index is 14.2. The molecule has 8 heteroatoms. The highest BCUT2D eigenvalue weighted by Crippen LogP contribution is 2.34. The number of aryl methyl sites for hydroxylation is 2. The average Bonchev–Trinajstić information content (AvgIpc) is 3.64. The second-order valence-electron chi connectivity index (χ2n) is 10.6.